The Hall–Kier alpha value is -1.42. The van der Waals surface area contributed by atoms with Crippen molar-refractivity contribution in [2.24, 2.45) is 0 Å². The summed E-state index contributed by atoms with van der Waals surface area (Å²) in [5.74, 6) is 0.955. The molecule has 1 fully saturated rings. The quantitative estimate of drug-likeness (QED) is 0.897. The highest BCUT2D eigenvalue weighted by molar-refractivity contribution is 5.83. The van der Waals surface area contributed by atoms with E-state index in [1.54, 1.807) is 0 Å². The highest BCUT2D eigenvalue weighted by Gasteiger charge is 2.27. The summed E-state index contributed by atoms with van der Waals surface area (Å²) in [6.45, 7) is 5.09. The average Bonchev–Trinajstić information content (AvgIpc) is 3.13. The van der Waals surface area contributed by atoms with Gasteiger partial charge in [-0.3, -0.25) is 0 Å². The first-order valence-corrected chi connectivity index (χ1v) is 6.76. The summed E-state index contributed by atoms with van der Waals surface area (Å²) in [6, 6.07) is 0.664. The van der Waals surface area contributed by atoms with Crippen LogP contribution in [0.1, 0.15) is 42.9 Å². The second-order valence-corrected chi connectivity index (χ2v) is 5.10. The van der Waals surface area contributed by atoms with Gasteiger partial charge in [-0.25, -0.2) is 9.97 Å². The molecule has 0 bridgehead atoms. The average molecular weight is 244 g/mol. The third-order valence-electron chi connectivity index (χ3n) is 3.60. The van der Waals surface area contributed by atoms with Crippen molar-refractivity contribution in [1.82, 2.24) is 19.9 Å². The van der Waals surface area contributed by atoms with E-state index in [0.29, 0.717) is 6.04 Å². The molecule has 2 aromatic rings. The minimum Gasteiger partial charge on any atom is -0.329 e. The lowest BCUT2D eigenvalue weighted by molar-refractivity contribution is 0.748. The molecule has 0 spiro atoms. The lowest BCUT2D eigenvalue weighted by Crippen LogP contribution is -2.05. The summed E-state index contributed by atoms with van der Waals surface area (Å²) in [4.78, 5) is 9.35. The van der Waals surface area contributed by atoms with Crippen molar-refractivity contribution < 1.29 is 0 Å². The minimum absolute atomic E-state index is 0.664. The Bertz CT molecular complexity index is 581. The van der Waals surface area contributed by atoms with Gasteiger partial charge >= 0.3 is 0 Å². The number of nitrogens with zero attached hydrogens (tertiary/aromatic N) is 3. The van der Waals surface area contributed by atoms with Crippen LogP contribution in [-0.2, 0) is 13.0 Å². The maximum atomic E-state index is 4.74. The summed E-state index contributed by atoms with van der Waals surface area (Å²) < 4.78 is 2.36. The molecule has 0 aliphatic heterocycles. The molecule has 1 aliphatic carbocycles. The topological polar surface area (TPSA) is 42.7 Å². The van der Waals surface area contributed by atoms with E-state index in [2.05, 4.69) is 34.9 Å². The van der Waals surface area contributed by atoms with Crippen molar-refractivity contribution in [2.75, 3.05) is 7.05 Å². The van der Waals surface area contributed by atoms with Crippen LogP contribution in [0.15, 0.2) is 6.20 Å². The van der Waals surface area contributed by atoms with Crippen LogP contribution in [0.5, 0.6) is 0 Å². The molecule has 0 atom stereocenters. The lowest BCUT2D eigenvalue weighted by Gasteiger charge is -2.05. The number of nitrogens with one attached hydrogen (secondary N) is 1. The van der Waals surface area contributed by atoms with E-state index in [0.717, 1.165) is 30.1 Å². The van der Waals surface area contributed by atoms with Gasteiger partial charge in [0, 0.05) is 30.6 Å². The molecule has 0 unspecified atom stereocenters. The summed E-state index contributed by atoms with van der Waals surface area (Å²) in [5.41, 5.74) is 3.56. The van der Waals surface area contributed by atoms with Crippen molar-refractivity contribution in [1.29, 1.82) is 0 Å². The van der Waals surface area contributed by atoms with Gasteiger partial charge in [-0.2, -0.15) is 0 Å². The summed E-state index contributed by atoms with van der Waals surface area (Å²) >= 11 is 0. The van der Waals surface area contributed by atoms with Crippen LogP contribution in [0.2, 0.25) is 0 Å². The van der Waals surface area contributed by atoms with Crippen molar-refractivity contribution in [3.63, 3.8) is 0 Å². The summed E-state index contributed by atoms with van der Waals surface area (Å²) in [6.07, 6.45) is 5.73. The van der Waals surface area contributed by atoms with Gasteiger partial charge in [0.15, 0.2) is 0 Å². The molecule has 2 aromatic heterocycles. The lowest BCUT2D eigenvalue weighted by atomic mass is 10.2. The monoisotopic (exact) mass is 244 g/mol. The van der Waals surface area contributed by atoms with Crippen molar-refractivity contribution in [2.45, 2.75) is 45.7 Å². The fourth-order valence-electron chi connectivity index (χ4n) is 2.58. The van der Waals surface area contributed by atoms with E-state index in [-0.39, 0.29) is 0 Å². The Morgan fingerprint density at radius 2 is 2.17 bits per heavy atom. The van der Waals surface area contributed by atoms with Crippen molar-refractivity contribution in [3.05, 3.63) is 23.3 Å². The summed E-state index contributed by atoms with van der Waals surface area (Å²) in [7, 11) is 1.98. The van der Waals surface area contributed by atoms with E-state index >= 15 is 0 Å². The molecule has 1 N–H and O–H groups in total. The number of hydrogen-bond donors (Lipinski definition) is 1. The Labute approximate surface area is 107 Å². The summed E-state index contributed by atoms with van der Waals surface area (Å²) in [5, 5.41) is 4.48. The molecular formula is C14H20N4. The number of hydrogen-bond acceptors (Lipinski definition) is 3. The maximum absolute atomic E-state index is 4.74. The van der Waals surface area contributed by atoms with E-state index in [1.807, 2.05) is 7.05 Å². The number of aryl methyl sites for hydroxylation is 2. The van der Waals surface area contributed by atoms with Gasteiger partial charge in [-0.05, 0) is 32.4 Å². The highest BCUT2D eigenvalue weighted by atomic mass is 15.1. The Morgan fingerprint density at radius 3 is 2.78 bits per heavy atom. The smallest absolute Gasteiger partial charge is 0.144 e. The van der Waals surface area contributed by atoms with Gasteiger partial charge in [0.25, 0.3) is 0 Å². The minimum atomic E-state index is 0.664. The molecule has 18 heavy (non-hydrogen) atoms. The fraction of sp³-hybridized carbons (Fsp3) is 0.571. The van der Waals surface area contributed by atoms with Crippen molar-refractivity contribution in [3.8, 4) is 0 Å². The van der Waals surface area contributed by atoms with Crippen LogP contribution < -0.4 is 5.32 Å². The Kier molecular flexibility index (Phi) is 2.82. The zero-order valence-corrected chi connectivity index (χ0v) is 11.3. The molecule has 4 heteroatoms. The first kappa shape index (κ1) is 11.7. The SMILES string of the molecule is CCc1nc(C)c2c(CNC)cn(C3CC3)c2n1. The van der Waals surface area contributed by atoms with E-state index in [4.69, 9.17) is 4.98 Å². The highest BCUT2D eigenvalue weighted by Crippen LogP contribution is 2.38. The molecule has 3 rings (SSSR count). The molecule has 0 radical (unpaired) electrons. The molecule has 2 heterocycles. The fourth-order valence-corrected chi connectivity index (χ4v) is 2.58. The Morgan fingerprint density at radius 1 is 1.39 bits per heavy atom. The van der Waals surface area contributed by atoms with Gasteiger partial charge < -0.3 is 9.88 Å². The number of rotatable bonds is 4. The van der Waals surface area contributed by atoms with Gasteiger partial charge in [-0.1, -0.05) is 6.92 Å². The predicted octanol–water partition coefficient (Wildman–Crippen LogP) is 2.36. The van der Waals surface area contributed by atoms with Crippen LogP contribution in [0.3, 0.4) is 0 Å². The molecular weight excluding hydrogens is 224 g/mol. The van der Waals surface area contributed by atoms with Crippen LogP contribution in [0, 0.1) is 6.92 Å². The third-order valence-corrected chi connectivity index (χ3v) is 3.60. The molecule has 1 aliphatic rings. The standard InChI is InChI=1S/C14H20N4/c1-4-12-16-9(2)13-10(7-15-3)8-18(11-5-6-11)14(13)17-12/h8,11,15H,4-7H2,1-3H3. The molecule has 0 saturated heterocycles. The Balaban J connectivity index is 2.24. The van der Waals surface area contributed by atoms with E-state index in [9.17, 15) is 0 Å². The van der Waals surface area contributed by atoms with Crippen LogP contribution in [0.4, 0.5) is 0 Å². The van der Waals surface area contributed by atoms with Crippen LogP contribution in [0.25, 0.3) is 11.0 Å². The van der Waals surface area contributed by atoms with Gasteiger partial charge in [0.1, 0.15) is 11.5 Å². The largest absolute Gasteiger partial charge is 0.329 e. The zero-order chi connectivity index (χ0) is 12.7. The molecule has 4 nitrogen and oxygen atoms in total. The second-order valence-electron chi connectivity index (χ2n) is 5.10. The van der Waals surface area contributed by atoms with Gasteiger partial charge in [0.2, 0.25) is 0 Å². The van der Waals surface area contributed by atoms with Crippen molar-refractivity contribution >= 4 is 11.0 Å². The molecule has 1 saturated carbocycles. The van der Waals surface area contributed by atoms with Gasteiger partial charge in [-0.15, -0.1) is 0 Å². The van der Waals surface area contributed by atoms with E-state index < -0.39 is 0 Å². The van der Waals surface area contributed by atoms with Gasteiger partial charge in [0.05, 0.1) is 5.69 Å². The first-order chi connectivity index (χ1) is 8.74. The van der Waals surface area contributed by atoms with Crippen LogP contribution >= 0.6 is 0 Å². The number of fused-ring (bicyclic) bond motifs is 1. The normalized spacial score (nSPS) is 15.5. The first-order valence-electron chi connectivity index (χ1n) is 6.76. The maximum Gasteiger partial charge on any atom is 0.144 e. The second kappa shape index (κ2) is 4.35. The van der Waals surface area contributed by atoms with E-state index in [1.165, 1.54) is 23.8 Å². The third kappa shape index (κ3) is 1.81. The zero-order valence-electron chi connectivity index (χ0n) is 11.3. The molecule has 0 aromatic carbocycles. The predicted molar refractivity (Wildman–Crippen MR) is 72.7 cm³/mol. The van der Waals surface area contributed by atoms with Crippen LogP contribution in [-0.4, -0.2) is 21.6 Å². The number of aromatic nitrogens is 3. The molecule has 0 amide bonds. The molecule has 96 valence electrons.